The summed E-state index contributed by atoms with van der Waals surface area (Å²) in [6.45, 7) is 2.15. The molecule has 2 aromatic heterocycles. The Morgan fingerprint density at radius 1 is 1.59 bits per heavy atom. The van der Waals surface area contributed by atoms with Gasteiger partial charge in [0.25, 0.3) is 0 Å². The smallest absolute Gasteiger partial charge is 0.310 e. The Kier molecular flexibility index (Phi) is 2.99. The van der Waals surface area contributed by atoms with Crippen molar-refractivity contribution in [1.29, 1.82) is 0 Å². The van der Waals surface area contributed by atoms with Crippen LogP contribution in [-0.2, 0) is 6.54 Å². The number of pyridine rings is 1. The van der Waals surface area contributed by atoms with Crippen molar-refractivity contribution in [2.75, 3.05) is 5.32 Å². The van der Waals surface area contributed by atoms with E-state index in [1.54, 1.807) is 19.1 Å². The van der Waals surface area contributed by atoms with E-state index in [0.717, 1.165) is 0 Å². The molecule has 0 atom stereocenters. The minimum atomic E-state index is -0.483. The fourth-order valence-corrected chi connectivity index (χ4v) is 1.37. The number of hydrogen-bond acceptors (Lipinski definition) is 6. The Morgan fingerprint density at radius 2 is 2.41 bits per heavy atom. The lowest BCUT2D eigenvalue weighted by molar-refractivity contribution is -0.384. The van der Waals surface area contributed by atoms with Gasteiger partial charge < -0.3 is 9.84 Å². The highest BCUT2D eigenvalue weighted by Gasteiger charge is 2.13. The van der Waals surface area contributed by atoms with Crippen LogP contribution in [0.3, 0.4) is 0 Å². The average Bonchev–Trinajstić information content (AvgIpc) is 2.73. The molecule has 0 saturated carbocycles. The lowest BCUT2D eigenvalue weighted by atomic mass is 10.3. The first-order valence-electron chi connectivity index (χ1n) is 4.91. The van der Waals surface area contributed by atoms with Crippen LogP contribution in [0.5, 0.6) is 0 Å². The lowest BCUT2D eigenvalue weighted by Crippen LogP contribution is -2.03. The summed E-state index contributed by atoms with van der Waals surface area (Å²) in [4.78, 5) is 14.0. The molecule has 0 fully saturated rings. The van der Waals surface area contributed by atoms with Crippen LogP contribution in [-0.4, -0.2) is 15.1 Å². The van der Waals surface area contributed by atoms with Crippen LogP contribution in [0.25, 0.3) is 0 Å². The summed E-state index contributed by atoms with van der Waals surface area (Å²) in [6, 6.07) is 3.31. The molecule has 2 heterocycles. The molecule has 17 heavy (non-hydrogen) atoms. The molecule has 0 saturated heterocycles. The van der Waals surface area contributed by atoms with Gasteiger partial charge in [0.05, 0.1) is 11.5 Å². The van der Waals surface area contributed by atoms with Crippen LogP contribution < -0.4 is 5.32 Å². The first-order valence-corrected chi connectivity index (χ1v) is 4.91. The predicted octanol–water partition coefficient (Wildman–Crippen LogP) is 1.90. The van der Waals surface area contributed by atoms with Crippen molar-refractivity contribution >= 4 is 11.4 Å². The quantitative estimate of drug-likeness (QED) is 0.641. The fraction of sp³-hybridized carbons (Fsp3) is 0.200. The van der Waals surface area contributed by atoms with E-state index < -0.39 is 4.92 Å². The highest BCUT2D eigenvalue weighted by molar-refractivity contribution is 5.59. The number of nitro groups is 1. The first-order chi connectivity index (χ1) is 8.16. The fourth-order valence-electron chi connectivity index (χ4n) is 1.37. The van der Waals surface area contributed by atoms with Crippen LogP contribution >= 0.6 is 0 Å². The van der Waals surface area contributed by atoms with E-state index in [9.17, 15) is 10.1 Å². The minimum absolute atomic E-state index is 0.0623. The normalized spacial score (nSPS) is 10.2. The Labute approximate surface area is 96.6 Å². The van der Waals surface area contributed by atoms with Gasteiger partial charge in [-0.2, -0.15) is 0 Å². The van der Waals surface area contributed by atoms with E-state index in [1.165, 1.54) is 12.4 Å². The largest absolute Gasteiger partial charge is 0.374 e. The minimum Gasteiger partial charge on any atom is -0.374 e. The molecule has 2 rings (SSSR count). The SMILES string of the molecule is Cc1cc(CNc2ccncc2[N+](=O)[O-])no1. The molecule has 0 amide bonds. The standard InChI is InChI=1S/C10H10N4O3/c1-7-4-8(13-17-7)5-12-9-2-3-11-6-10(9)14(15)16/h2-4,6H,5H2,1H3,(H,11,12). The maximum absolute atomic E-state index is 10.7. The molecule has 1 N–H and O–H groups in total. The van der Waals surface area contributed by atoms with Gasteiger partial charge in [0.1, 0.15) is 23.3 Å². The molecule has 0 radical (unpaired) electrons. The molecule has 7 heteroatoms. The second kappa shape index (κ2) is 4.60. The molecular formula is C10H10N4O3. The van der Waals surface area contributed by atoms with Crippen molar-refractivity contribution in [3.8, 4) is 0 Å². The van der Waals surface area contributed by atoms with Gasteiger partial charge >= 0.3 is 5.69 Å². The van der Waals surface area contributed by atoms with Gasteiger partial charge in [0, 0.05) is 12.3 Å². The summed E-state index contributed by atoms with van der Waals surface area (Å²) in [5, 5.41) is 17.4. The molecule has 0 aromatic carbocycles. The topological polar surface area (TPSA) is 94.1 Å². The maximum Gasteiger partial charge on any atom is 0.310 e. The summed E-state index contributed by atoms with van der Waals surface area (Å²) >= 11 is 0. The van der Waals surface area contributed by atoms with Crippen molar-refractivity contribution in [3.63, 3.8) is 0 Å². The highest BCUT2D eigenvalue weighted by atomic mass is 16.6. The van der Waals surface area contributed by atoms with Crippen molar-refractivity contribution in [3.05, 3.63) is 46.1 Å². The van der Waals surface area contributed by atoms with Gasteiger partial charge in [-0.15, -0.1) is 0 Å². The second-order valence-corrected chi connectivity index (χ2v) is 3.43. The summed E-state index contributed by atoms with van der Waals surface area (Å²) in [5.41, 5.74) is 1.03. The van der Waals surface area contributed by atoms with Crippen molar-refractivity contribution in [2.45, 2.75) is 13.5 Å². The molecule has 0 aliphatic carbocycles. The van der Waals surface area contributed by atoms with Gasteiger partial charge in [-0.3, -0.25) is 15.1 Å². The number of aromatic nitrogens is 2. The van der Waals surface area contributed by atoms with Gasteiger partial charge in [-0.25, -0.2) is 0 Å². The van der Waals surface area contributed by atoms with Crippen molar-refractivity contribution < 1.29 is 9.45 Å². The maximum atomic E-state index is 10.7. The van der Waals surface area contributed by atoms with Crippen LogP contribution in [0.2, 0.25) is 0 Å². The Hall–Kier alpha value is -2.44. The zero-order valence-corrected chi connectivity index (χ0v) is 9.08. The highest BCUT2D eigenvalue weighted by Crippen LogP contribution is 2.22. The zero-order chi connectivity index (χ0) is 12.3. The first kappa shape index (κ1) is 11.1. The number of hydrogen-bond donors (Lipinski definition) is 1. The van der Waals surface area contributed by atoms with Gasteiger partial charge in [-0.1, -0.05) is 5.16 Å². The average molecular weight is 234 g/mol. The summed E-state index contributed by atoms with van der Waals surface area (Å²) in [5.74, 6) is 0.700. The van der Waals surface area contributed by atoms with E-state index in [1.807, 2.05) is 0 Å². The monoisotopic (exact) mass is 234 g/mol. The molecule has 88 valence electrons. The van der Waals surface area contributed by atoms with Crippen LogP contribution in [0.1, 0.15) is 11.5 Å². The summed E-state index contributed by atoms with van der Waals surface area (Å²) in [7, 11) is 0. The Balaban J connectivity index is 2.11. The molecule has 0 spiro atoms. The Bertz CT molecular complexity index is 538. The van der Waals surface area contributed by atoms with E-state index >= 15 is 0 Å². The third-order valence-electron chi connectivity index (χ3n) is 2.13. The molecule has 2 aromatic rings. The van der Waals surface area contributed by atoms with Crippen molar-refractivity contribution in [1.82, 2.24) is 10.1 Å². The molecule has 0 aliphatic rings. The number of nitrogens with one attached hydrogen (secondary N) is 1. The summed E-state index contributed by atoms with van der Waals surface area (Å²) < 4.78 is 4.89. The van der Waals surface area contributed by atoms with Crippen LogP contribution in [0.4, 0.5) is 11.4 Å². The van der Waals surface area contributed by atoms with Gasteiger partial charge in [0.15, 0.2) is 0 Å². The molecular weight excluding hydrogens is 224 g/mol. The predicted molar refractivity (Wildman–Crippen MR) is 59.5 cm³/mol. The Morgan fingerprint density at radius 3 is 3.06 bits per heavy atom. The van der Waals surface area contributed by atoms with Gasteiger partial charge in [-0.05, 0) is 13.0 Å². The number of aryl methyl sites for hydroxylation is 1. The molecule has 0 bridgehead atoms. The van der Waals surface area contributed by atoms with Crippen LogP contribution in [0.15, 0.2) is 29.0 Å². The summed E-state index contributed by atoms with van der Waals surface area (Å²) in [6.07, 6.45) is 2.69. The third-order valence-corrected chi connectivity index (χ3v) is 2.13. The lowest BCUT2D eigenvalue weighted by Gasteiger charge is -2.03. The molecule has 0 aliphatic heterocycles. The van der Waals surface area contributed by atoms with E-state index in [-0.39, 0.29) is 5.69 Å². The van der Waals surface area contributed by atoms with E-state index in [4.69, 9.17) is 4.52 Å². The third kappa shape index (κ3) is 2.57. The van der Waals surface area contributed by atoms with E-state index in [0.29, 0.717) is 23.7 Å². The molecule has 7 nitrogen and oxygen atoms in total. The number of anilines is 1. The van der Waals surface area contributed by atoms with E-state index in [2.05, 4.69) is 15.5 Å². The van der Waals surface area contributed by atoms with Gasteiger partial charge in [0.2, 0.25) is 0 Å². The van der Waals surface area contributed by atoms with Crippen molar-refractivity contribution in [2.24, 2.45) is 0 Å². The number of rotatable bonds is 4. The number of nitrogens with zero attached hydrogens (tertiary/aromatic N) is 3. The molecule has 0 unspecified atom stereocenters. The second-order valence-electron chi connectivity index (χ2n) is 3.43. The zero-order valence-electron chi connectivity index (χ0n) is 9.08. The van der Waals surface area contributed by atoms with Crippen LogP contribution in [0, 0.1) is 17.0 Å².